The van der Waals surface area contributed by atoms with E-state index in [9.17, 15) is 4.79 Å². The fourth-order valence-corrected chi connectivity index (χ4v) is 1.53. The van der Waals surface area contributed by atoms with Crippen LogP contribution in [-0.2, 0) is 4.79 Å². The predicted molar refractivity (Wildman–Crippen MR) is 71.4 cm³/mol. The Bertz CT molecular complexity index is 467. The normalized spacial score (nSPS) is 11.4. The number of terminal acetylenes is 1. The molecular formula is C13H15ClN2O2. The van der Waals surface area contributed by atoms with Gasteiger partial charge in [0.25, 0.3) is 5.91 Å². The van der Waals surface area contributed by atoms with Gasteiger partial charge in [-0.1, -0.05) is 17.5 Å². The summed E-state index contributed by atoms with van der Waals surface area (Å²) in [5.41, 5.74) is 6.56. The topological polar surface area (TPSA) is 64.3 Å². The largest absolute Gasteiger partial charge is 0.483 e. The van der Waals surface area contributed by atoms with E-state index in [4.69, 9.17) is 28.5 Å². The summed E-state index contributed by atoms with van der Waals surface area (Å²) in [4.78, 5) is 11.3. The van der Waals surface area contributed by atoms with Gasteiger partial charge in [0.1, 0.15) is 5.75 Å². The molecule has 96 valence electrons. The van der Waals surface area contributed by atoms with Crippen LogP contribution in [0, 0.1) is 12.3 Å². The first kappa shape index (κ1) is 14.4. The number of rotatable bonds is 5. The lowest BCUT2D eigenvalue weighted by atomic mass is 10.1. The predicted octanol–water partition coefficient (Wildman–Crippen LogP) is 1.49. The van der Waals surface area contributed by atoms with Gasteiger partial charge in [0, 0.05) is 16.6 Å². The molecule has 0 aliphatic rings. The molecular weight excluding hydrogens is 252 g/mol. The van der Waals surface area contributed by atoms with Crippen molar-refractivity contribution in [3.05, 3.63) is 28.8 Å². The average molecular weight is 267 g/mol. The van der Waals surface area contributed by atoms with Crippen molar-refractivity contribution in [2.45, 2.75) is 13.0 Å². The molecule has 1 amide bonds. The van der Waals surface area contributed by atoms with E-state index in [-0.39, 0.29) is 25.1 Å². The Balaban J connectivity index is 2.67. The third-order valence-electron chi connectivity index (χ3n) is 2.21. The standard InChI is InChI=1S/C13H15ClN2O2/c1-3-6-16-13(17)8-18-12-5-4-10(14)7-11(12)9(2)15/h1,4-5,7,9H,6,8,15H2,2H3,(H,16,17). The smallest absolute Gasteiger partial charge is 0.258 e. The fraction of sp³-hybridized carbons (Fsp3) is 0.308. The highest BCUT2D eigenvalue weighted by molar-refractivity contribution is 6.30. The van der Waals surface area contributed by atoms with Crippen LogP contribution < -0.4 is 15.8 Å². The Morgan fingerprint density at radius 1 is 1.67 bits per heavy atom. The Morgan fingerprint density at radius 3 is 3.00 bits per heavy atom. The van der Waals surface area contributed by atoms with Crippen LogP contribution in [0.1, 0.15) is 18.5 Å². The van der Waals surface area contributed by atoms with Crippen LogP contribution in [-0.4, -0.2) is 19.1 Å². The van der Waals surface area contributed by atoms with Crippen LogP contribution in [0.25, 0.3) is 0 Å². The maximum Gasteiger partial charge on any atom is 0.258 e. The molecule has 0 radical (unpaired) electrons. The highest BCUT2D eigenvalue weighted by atomic mass is 35.5. The number of nitrogens with one attached hydrogen (secondary N) is 1. The summed E-state index contributed by atoms with van der Waals surface area (Å²) in [5, 5.41) is 3.08. The molecule has 1 rings (SSSR count). The van der Waals surface area contributed by atoms with Gasteiger partial charge in [-0.2, -0.15) is 0 Å². The lowest BCUT2D eigenvalue weighted by Gasteiger charge is -2.14. The average Bonchev–Trinajstić information content (AvgIpc) is 2.34. The lowest BCUT2D eigenvalue weighted by molar-refractivity contribution is -0.122. The number of hydrogen-bond acceptors (Lipinski definition) is 3. The number of nitrogens with two attached hydrogens (primary N) is 1. The van der Waals surface area contributed by atoms with Crippen molar-refractivity contribution in [1.82, 2.24) is 5.32 Å². The first-order valence-electron chi connectivity index (χ1n) is 5.42. The van der Waals surface area contributed by atoms with Gasteiger partial charge in [0.05, 0.1) is 6.54 Å². The zero-order valence-corrected chi connectivity index (χ0v) is 10.8. The number of benzene rings is 1. The molecule has 0 spiro atoms. The second kappa shape index (κ2) is 6.90. The lowest BCUT2D eigenvalue weighted by Crippen LogP contribution is -2.29. The Kier molecular flexibility index (Phi) is 5.50. The molecule has 1 atom stereocenters. The molecule has 1 aromatic rings. The Labute approximate surface area is 111 Å². The van der Waals surface area contributed by atoms with E-state index < -0.39 is 0 Å². The first-order valence-corrected chi connectivity index (χ1v) is 5.80. The van der Waals surface area contributed by atoms with E-state index in [1.807, 2.05) is 6.92 Å². The molecule has 0 aliphatic heterocycles. The quantitative estimate of drug-likeness (QED) is 0.794. The van der Waals surface area contributed by atoms with Crippen molar-refractivity contribution in [2.24, 2.45) is 5.73 Å². The Hall–Kier alpha value is -1.70. The van der Waals surface area contributed by atoms with E-state index in [0.717, 1.165) is 5.56 Å². The molecule has 1 aromatic carbocycles. The van der Waals surface area contributed by atoms with Gasteiger partial charge in [-0.3, -0.25) is 4.79 Å². The van der Waals surface area contributed by atoms with Crippen molar-refractivity contribution in [3.8, 4) is 18.1 Å². The number of ether oxygens (including phenoxy) is 1. The van der Waals surface area contributed by atoms with Crippen LogP contribution in [0.4, 0.5) is 0 Å². The maximum atomic E-state index is 11.3. The van der Waals surface area contributed by atoms with Crippen molar-refractivity contribution in [3.63, 3.8) is 0 Å². The fourth-order valence-electron chi connectivity index (χ4n) is 1.35. The molecule has 0 saturated carbocycles. The zero-order valence-electron chi connectivity index (χ0n) is 10.1. The summed E-state index contributed by atoms with van der Waals surface area (Å²) in [6, 6.07) is 4.87. The van der Waals surface area contributed by atoms with E-state index in [1.165, 1.54) is 0 Å². The number of hydrogen-bond donors (Lipinski definition) is 2. The summed E-state index contributed by atoms with van der Waals surface area (Å²) >= 11 is 5.88. The van der Waals surface area contributed by atoms with Gasteiger partial charge >= 0.3 is 0 Å². The van der Waals surface area contributed by atoms with Crippen LogP contribution in [0.3, 0.4) is 0 Å². The van der Waals surface area contributed by atoms with E-state index in [0.29, 0.717) is 10.8 Å². The third kappa shape index (κ3) is 4.28. The minimum Gasteiger partial charge on any atom is -0.483 e. The van der Waals surface area contributed by atoms with Gasteiger partial charge in [-0.15, -0.1) is 6.42 Å². The molecule has 0 aliphatic carbocycles. The van der Waals surface area contributed by atoms with E-state index in [2.05, 4.69) is 11.2 Å². The van der Waals surface area contributed by atoms with Gasteiger partial charge in [-0.05, 0) is 25.1 Å². The SMILES string of the molecule is C#CCNC(=O)COc1ccc(Cl)cc1C(C)N. The second-order valence-corrected chi connectivity index (χ2v) is 4.18. The van der Waals surface area contributed by atoms with E-state index >= 15 is 0 Å². The van der Waals surface area contributed by atoms with Crippen molar-refractivity contribution in [2.75, 3.05) is 13.2 Å². The van der Waals surface area contributed by atoms with Crippen LogP contribution >= 0.6 is 11.6 Å². The van der Waals surface area contributed by atoms with Gasteiger partial charge in [0.2, 0.25) is 0 Å². The van der Waals surface area contributed by atoms with Crippen LogP contribution in [0.5, 0.6) is 5.75 Å². The van der Waals surface area contributed by atoms with Crippen LogP contribution in [0.2, 0.25) is 5.02 Å². The molecule has 1 unspecified atom stereocenters. The number of amides is 1. The number of carbonyl (C=O) groups excluding carboxylic acids is 1. The van der Waals surface area contributed by atoms with Crippen molar-refractivity contribution >= 4 is 17.5 Å². The monoisotopic (exact) mass is 266 g/mol. The molecule has 0 heterocycles. The highest BCUT2D eigenvalue weighted by Gasteiger charge is 2.10. The van der Waals surface area contributed by atoms with Gasteiger partial charge in [-0.25, -0.2) is 0 Å². The Morgan fingerprint density at radius 2 is 2.39 bits per heavy atom. The molecule has 0 aromatic heterocycles. The maximum absolute atomic E-state index is 11.3. The summed E-state index contributed by atoms with van der Waals surface area (Å²) in [6.07, 6.45) is 5.03. The molecule has 18 heavy (non-hydrogen) atoms. The van der Waals surface area contributed by atoms with E-state index in [1.54, 1.807) is 18.2 Å². The highest BCUT2D eigenvalue weighted by Crippen LogP contribution is 2.27. The summed E-state index contributed by atoms with van der Waals surface area (Å²) in [6.45, 7) is 1.89. The molecule has 0 fully saturated rings. The third-order valence-corrected chi connectivity index (χ3v) is 2.44. The number of halogens is 1. The first-order chi connectivity index (χ1) is 8.54. The molecule has 0 saturated heterocycles. The molecule has 0 bridgehead atoms. The zero-order chi connectivity index (χ0) is 13.5. The minimum atomic E-state index is -0.279. The summed E-state index contributed by atoms with van der Waals surface area (Å²) < 4.78 is 5.39. The second-order valence-electron chi connectivity index (χ2n) is 3.74. The number of carbonyl (C=O) groups is 1. The van der Waals surface area contributed by atoms with Crippen LogP contribution in [0.15, 0.2) is 18.2 Å². The van der Waals surface area contributed by atoms with Crippen molar-refractivity contribution in [1.29, 1.82) is 0 Å². The molecule has 4 nitrogen and oxygen atoms in total. The molecule has 5 heteroatoms. The summed E-state index contributed by atoms with van der Waals surface area (Å²) in [5.74, 6) is 2.58. The van der Waals surface area contributed by atoms with Gasteiger partial charge < -0.3 is 15.8 Å². The summed E-state index contributed by atoms with van der Waals surface area (Å²) in [7, 11) is 0. The molecule has 3 N–H and O–H groups in total. The van der Waals surface area contributed by atoms with Gasteiger partial charge in [0.15, 0.2) is 6.61 Å². The van der Waals surface area contributed by atoms with Crippen molar-refractivity contribution < 1.29 is 9.53 Å². The minimum absolute atomic E-state index is 0.108.